The number of carboxylic acid groups (broad SMARTS) is 1. The molecule has 0 radical (unpaired) electrons. The zero-order valence-electron chi connectivity index (χ0n) is 11.8. The van der Waals surface area contributed by atoms with Crippen LogP contribution in [0.4, 0.5) is 5.69 Å². The molecule has 2 N–H and O–H groups in total. The monoisotopic (exact) mass is 307 g/mol. The van der Waals surface area contributed by atoms with Crippen molar-refractivity contribution in [3.8, 4) is 0 Å². The van der Waals surface area contributed by atoms with Crippen molar-refractivity contribution < 1.29 is 18.3 Å². The number of anilines is 1. The van der Waals surface area contributed by atoms with Crippen LogP contribution in [0.1, 0.15) is 24.2 Å². The Morgan fingerprint density at radius 1 is 1.19 bits per heavy atom. The molecule has 0 spiro atoms. The third kappa shape index (κ3) is 3.72. The summed E-state index contributed by atoms with van der Waals surface area (Å²) in [5.41, 5.74) is 0.0443. The second kappa shape index (κ2) is 5.73. The molecule has 0 saturated heterocycles. The summed E-state index contributed by atoms with van der Waals surface area (Å²) in [6.07, 6.45) is 0. The number of rotatable bonds is 5. The molecule has 0 amide bonds. The van der Waals surface area contributed by atoms with Gasteiger partial charge < -0.3 is 5.11 Å². The SMILES string of the molecule is CC(C)CS(=O)(=O)Nc1cc2ccccc2cc1C(=O)O. The van der Waals surface area contributed by atoms with Gasteiger partial charge in [0.25, 0.3) is 0 Å². The predicted octanol–water partition coefficient (Wildman–Crippen LogP) is 2.94. The first-order chi connectivity index (χ1) is 9.78. The van der Waals surface area contributed by atoms with E-state index in [0.29, 0.717) is 0 Å². The summed E-state index contributed by atoms with van der Waals surface area (Å²) in [5, 5.41) is 10.8. The summed E-state index contributed by atoms with van der Waals surface area (Å²) in [5.74, 6) is -1.27. The number of carbonyl (C=O) groups is 1. The minimum Gasteiger partial charge on any atom is -0.478 e. The van der Waals surface area contributed by atoms with Crippen LogP contribution in [0, 0.1) is 5.92 Å². The third-order valence-electron chi connectivity index (χ3n) is 2.93. The van der Waals surface area contributed by atoms with E-state index in [4.69, 9.17) is 0 Å². The van der Waals surface area contributed by atoms with Gasteiger partial charge in [0.15, 0.2) is 0 Å². The molecule has 2 aromatic rings. The van der Waals surface area contributed by atoms with Gasteiger partial charge in [-0.15, -0.1) is 0 Å². The van der Waals surface area contributed by atoms with E-state index in [0.717, 1.165) is 10.8 Å². The zero-order chi connectivity index (χ0) is 15.6. The molecule has 112 valence electrons. The van der Waals surface area contributed by atoms with Gasteiger partial charge in [0.05, 0.1) is 17.0 Å². The van der Waals surface area contributed by atoms with E-state index in [-0.39, 0.29) is 22.9 Å². The number of nitrogens with one attached hydrogen (secondary N) is 1. The predicted molar refractivity (Wildman–Crippen MR) is 83.2 cm³/mol. The normalized spacial score (nSPS) is 11.8. The van der Waals surface area contributed by atoms with Crippen molar-refractivity contribution in [1.82, 2.24) is 0 Å². The molecule has 0 aliphatic rings. The maximum atomic E-state index is 12.0. The van der Waals surface area contributed by atoms with E-state index >= 15 is 0 Å². The molecular formula is C15H17NO4S. The van der Waals surface area contributed by atoms with Crippen molar-refractivity contribution in [1.29, 1.82) is 0 Å². The lowest BCUT2D eigenvalue weighted by molar-refractivity contribution is 0.0698. The highest BCUT2D eigenvalue weighted by molar-refractivity contribution is 7.92. The van der Waals surface area contributed by atoms with Gasteiger partial charge in [-0.25, -0.2) is 13.2 Å². The molecule has 2 aromatic carbocycles. The Morgan fingerprint density at radius 2 is 1.76 bits per heavy atom. The second-order valence-corrected chi connectivity index (χ2v) is 7.09. The molecule has 0 bridgehead atoms. The van der Waals surface area contributed by atoms with Gasteiger partial charge in [0.2, 0.25) is 10.0 Å². The van der Waals surface area contributed by atoms with Gasteiger partial charge in [-0.1, -0.05) is 38.1 Å². The molecular weight excluding hydrogens is 290 g/mol. The first-order valence-corrected chi connectivity index (χ1v) is 8.20. The van der Waals surface area contributed by atoms with Gasteiger partial charge >= 0.3 is 5.97 Å². The number of benzene rings is 2. The van der Waals surface area contributed by atoms with Crippen molar-refractivity contribution in [2.75, 3.05) is 10.5 Å². The lowest BCUT2D eigenvalue weighted by Crippen LogP contribution is -2.21. The van der Waals surface area contributed by atoms with Gasteiger partial charge in [-0.3, -0.25) is 4.72 Å². The van der Waals surface area contributed by atoms with Crippen LogP contribution < -0.4 is 4.72 Å². The summed E-state index contributed by atoms with van der Waals surface area (Å²) in [7, 11) is -3.57. The van der Waals surface area contributed by atoms with E-state index in [1.807, 2.05) is 6.07 Å². The Balaban J connectivity index is 2.51. The average Bonchev–Trinajstić information content (AvgIpc) is 2.35. The summed E-state index contributed by atoms with van der Waals surface area (Å²) in [4.78, 5) is 11.3. The van der Waals surface area contributed by atoms with Crippen molar-refractivity contribution in [3.05, 3.63) is 42.0 Å². The molecule has 0 atom stereocenters. The lowest BCUT2D eigenvalue weighted by atomic mass is 10.1. The van der Waals surface area contributed by atoms with E-state index < -0.39 is 16.0 Å². The number of fused-ring (bicyclic) bond motifs is 1. The largest absolute Gasteiger partial charge is 0.478 e. The highest BCUT2D eigenvalue weighted by Crippen LogP contribution is 2.25. The molecule has 5 nitrogen and oxygen atoms in total. The van der Waals surface area contributed by atoms with Crippen LogP contribution in [-0.2, 0) is 10.0 Å². The van der Waals surface area contributed by atoms with Crippen LogP contribution in [0.2, 0.25) is 0 Å². The lowest BCUT2D eigenvalue weighted by Gasteiger charge is -2.13. The van der Waals surface area contributed by atoms with Gasteiger partial charge in [0.1, 0.15) is 0 Å². The fourth-order valence-corrected chi connectivity index (χ4v) is 3.61. The van der Waals surface area contributed by atoms with Gasteiger partial charge in [-0.05, 0) is 28.8 Å². The summed E-state index contributed by atoms with van der Waals surface area (Å²) < 4.78 is 26.4. The Morgan fingerprint density at radius 3 is 2.29 bits per heavy atom. The molecule has 2 rings (SSSR count). The van der Waals surface area contributed by atoms with Crippen LogP contribution in [0.5, 0.6) is 0 Å². The molecule has 0 fully saturated rings. The molecule has 0 aromatic heterocycles. The zero-order valence-corrected chi connectivity index (χ0v) is 12.6. The Hall–Kier alpha value is -2.08. The minimum absolute atomic E-state index is 0.0452. The molecule has 0 unspecified atom stereocenters. The van der Waals surface area contributed by atoms with Gasteiger partial charge in [-0.2, -0.15) is 0 Å². The van der Waals surface area contributed by atoms with Crippen LogP contribution in [0.25, 0.3) is 10.8 Å². The molecule has 0 saturated carbocycles. The number of carboxylic acids is 1. The van der Waals surface area contributed by atoms with Crippen molar-refractivity contribution in [2.24, 2.45) is 5.92 Å². The number of sulfonamides is 1. The highest BCUT2D eigenvalue weighted by atomic mass is 32.2. The third-order valence-corrected chi connectivity index (χ3v) is 4.57. The highest BCUT2D eigenvalue weighted by Gasteiger charge is 2.18. The Kier molecular flexibility index (Phi) is 4.18. The van der Waals surface area contributed by atoms with E-state index in [1.54, 1.807) is 38.1 Å². The van der Waals surface area contributed by atoms with Crippen LogP contribution in [-0.4, -0.2) is 25.2 Å². The minimum atomic E-state index is -3.57. The molecule has 0 heterocycles. The van der Waals surface area contributed by atoms with Crippen molar-refractivity contribution in [3.63, 3.8) is 0 Å². The van der Waals surface area contributed by atoms with Crippen LogP contribution >= 0.6 is 0 Å². The molecule has 0 aliphatic carbocycles. The molecule has 21 heavy (non-hydrogen) atoms. The summed E-state index contributed by atoms with van der Waals surface area (Å²) >= 11 is 0. The Labute approximate surface area is 123 Å². The van der Waals surface area contributed by atoms with E-state index in [9.17, 15) is 18.3 Å². The van der Waals surface area contributed by atoms with Crippen LogP contribution in [0.3, 0.4) is 0 Å². The molecule has 0 aliphatic heterocycles. The number of hydrogen-bond donors (Lipinski definition) is 2. The average molecular weight is 307 g/mol. The first kappa shape index (κ1) is 15.3. The van der Waals surface area contributed by atoms with E-state index in [1.165, 1.54) is 6.07 Å². The quantitative estimate of drug-likeness (QED) is 0.889. The number of hydrogen-bond acceptors (Lipinski definition) is 3. The van der Waals surface area contributed by atoms with Gasteiger partial charge in [0, 0.05) is 0 Å². The maximum Gasteiger partial charge on any atom is 0.337 e. The Bertz CT molecular complexity index is 781. The van der Waals surface area contributed by atoms with Crippen molar-refractivity contribution >= 4 is 32.5 Å². The number of aromatic carboxylic acids is 1. The molecule has 6 heteroatoms. The van der Waals surface area contributed by atoms with E-state index in [2.05, 4.69) is 4.72 Å². The standard InChI is InChI=1S/C15H17NO4S/c1-10(2)9-21(19,20)16-14-8-12-6-4-3-5-11(12)7-13(14)15(17)18/h3-8,10,16H,9H2,1-2H3,(H,17,18). The second-order valence-electron chi connectivity index (χ2n) is 5.33. The fourth-order valence-electron chi connectivity index (χ4n) is 2.15. The summed E-state index contributed by atoms with van der Waals surface area (Å²) in [6.45, 7) is 3.58. The fraction of sp³-hybridized carbons (Fsp3) is 0.267. The van der Waals surface area contributed by atoms with Crippen LogP contribution in [0.15, 0.2) is 36.4 Å². The van der Waals surface area contributed by atoms with Crippen molar-refractivity contribution in [2.45, 2.75) is 13.8 Å². The maximum absolute atomic E-state index is 12.0. The topological polar surface area (TPSA) is 83.5 Å². The first-order valence-electron chi connectivity index (χ1n) is 6.55. The summed E-state index contributed by atoms with van der Waals surface area (Å²) in [6, 6.07) is 10.2. The smallest absolute Gasteiger partial charge is 0.337 e.